The van der Waals surface area contributed by atoms with Gasteiger partial charge in [-0.15, -0.1) is 0 Å². The van der Waals surface area contributed by atoms with Crippen LogP contribution >= 0.6 is 11.6 Å². The van der Waals surface area contributed by atoms with Gasteiger partial charge < -0.3 is 10.2 Å². The topological polar surface area (TPSA) is 49.4 Å². The maximum Gasteiger partial charge on any atom is 0.253 e. The van der Waals surface area contributed by atoms with Crippen molar-refractivity contribution in [1.29, 1.82) is 0 Å². The van der Waals surface area contributed by atoms with Crippen molar-refractivity contribution in [2.45, 2.75) is 26.3 Å². The quantitative estimate of drug-likeness (QED) is 0.880. The van der Waals surface area contributed by atoms with Crippen LogP contribution < -0.4 is 5.32 Å². The van der Waals surface area contributed by atoms with Gasteiger partial charge >= 0.3 is 0 Å². The molecule has 2 aromatic carbocycles. The molecule has 1 N–H and O–H groups in total. The lowest BCUT2D eigenvalue weighted by Crippen LogP contribution is -2.38. The Morgan fingerprint density at radius 3 is 2.36 bits per heavy atom. The molecule has 0 aliphatic carbocycles. The molecule has 0 radical (unpaired) electrons. The summed E-state index contributed by atoms with van der Waals surface area (Å²) in [6.07, 6.45) is 0.279. The molecule has 0 saturated carbocycles. The summed E-state index contributed by atoms with van der Waals surface area (Å²) in [6, 6.07) is 13.1. The maximum absolute atomic E-state index is 12.6. The summed E-state index contributed by atoms with van der Waals surface area (Å²) >= 11 is 6.00. The van der Waals surface area contributed by atoms with Crippen molar-refractivity contribution in [2.24, 2.45) is 0 Å². The molecule has 0 aliphatic rings. The van der Waals surface area contributed by atoms with E-state index in [9.17, 15) is 9.59 Å². The van der Waals surface area contributed by atoms with Crippen LogP contribution in [0, 0.1) is 6.92 Å². The monoisotopic (exact) mass is 358 g/mol. The molecule has 132 valence electrons. The van der Waals surface area contributed by atoms with Crippen molar-refractivity contribution in [1.82, 2.24) is 10.2 Å². The molecular weight excluding hydrogens is 336 g/mol. The maximum atomic E-state index is 12.6. The summed E-state index contributed by atoms with van der Waals surface area (Å²) in [5, 5.41) is 3.29. The van der Waals surface area contributed by atoms with Gasteiger partial charge in [-0.25, -0.2) is 0 Å². The molecule has 0 unspecified atom stereocenters. The van der Waals surface area contributed by atoms with E-state index in [1.165, 1.54) is 0 Å². The molecular formula is C20H23ClN2O2. The molecule has 0 bridgehead atoms. The summed E-state index contributed by atoms with van der Waals surface area (Å²) < 4.78 is 0. The Balaban J connectivity index is 2.16. The average Bonchev–Trinajstić information content (AvgIpc) is 2.60. The van der Waals surface area contributed by atoms with E-state index in [1.807, 2.05) is 56.3 Å². The fraction of sp³-hybridized carbons (Fsp3) is 0.300. The van der Waals surface area contributed by atoms with Crippen LogP contribution in [0.25, 0.3) is 11.1 Å². The second-order valence-corrected chi connectivity index (χ2v) is 6.62. The highest BCUT2D eigenvalue weighted by Crippen LogP contribution is 2.26. The lowest BCUT2D eigenvalue weighted by molar-refractivity contribution is -0.121. The molecule has 0 aliphatic heterocycles. The average molecular weight is 359 g/mol. The fourth-order valence-electron chi connectivity index (χ4n) is 2.65. The van der Waals surface area contributed by atoms with Crippen LogP contribution in [-0.2, 0) is 4.79 Å². The number of hydrogen-bond donors (Lipinski definition) is 1. The van der Waals surface area contributed by atoms with Gasteiger partial charge in [-0.2, -0.15) is 0 Å². The fourth-order valence-corrected chi connectivity index (χ4v) is 2.88. The first-order valence-corrected chi connectivity index (χ1v) is 8.55. The van der Waals surface area contributed by atoms with E-state index >= 15 is 0 Å². The number of aryl methyl sites for hydroxylation is 1. The van der Waals surface area contributed by atoms with Crippen molar-refractivity contribution in [3.8, 4) is 11.1 Å². The van der Waals surface area contributed by atoms with E-state index in [1.54, 1.807) is 19.0 Å². The third-order valence-corrected chi connectivity index (χ3v) is 4.61. The molecule has 0 heterocycles. The number of benzene rings is 2. The molecule has 0 spiro atoms. The lowest BCUT2D eigenvalue weighted by Gasteiger charge is -2.24. The molecule has 1 atom stereocenters. The molecule has 0 fully saturated rings. The SMILES string of the molecule is CNC(=O)C[C@H](C)N(C)C(=O)c1ccc(-c2ccc(Cl)cc2C)cc1. The highest BCUT2D eigenvalue weighted by atomic mass is 35.5. The Morgan fingerprint density at radius 1 is 1.16 bits per heavy atom. The molecule has 25 heavy (non-hydrogen) atoms. The van der Waals surface area contributed by atoms with E-state index in [2.05, 4.69) is 5.32 Å². The van der Waals surface area contributed by atoms with E-state index in [-0.39, 0.29) is 24.3 Å². The molecule has 0 saturated heterocycles. The van der Waals surface area contributed by atoms with Gasteiger partial charge in [0.2, 0.25) is 5.91 Å². The molecule has 2 amide bonds. The Hall–Kier alpha value is -2.33. The zero-order chi connectivity index (χ0) is 18.6. The lowest BCUT2D eigenvalue weighted by atomic mass is 9.99. The first-order valence-electron chi connectivity index (χ1n) is 8.17. The Morgan fingerprint density at radius 2 is 1.80 bits per heavy atom. The third-order valence-electron chi connectivity index (χ3n) is 4.37. The van der Waals surface area contributed by atoms with Crippen molar-refractivity contribution in [2.75, 3.05) is 14.1 Å². The first kappa shape index (κ1) is 19.0. The van der Waals surface area contributed by atoms with Crippen LogP contribution in [-0.4, -0.2) is 36.9 Å². The Bertz CT molecular complexity index is 772. The number of nitrogens with one attached hydrogen (secondary N) is 1. The van der Waals surface area contributed by atoms with Gasteiger partial charge in [0.15, 0.2) is 0 Å². The zero-order valence-corrected chi connectivity index (χ0v) is 15.7. The largest absolute Gasteiger partial charge is 0.359 e. The van der Waals surface area contributed by atoms with E-state index in [4.69, 9.17) is 11.6 Å². The van der Waals surface area contributed by atoms with Crippen LogP contribution in [0.1, 0.15) is 29.3 Å². The minimum Gasteiger partial charge on any atom is -0.359 e. The van der Waals surface area contributed by atoms with Gasteiger partial charge in [0.1, 0.15) is 0 Å². The van der Waals surface area contributed by atoms with E-state index in [0.29, 0.717) is 10.6 Å². The summed E-state index contributed by atoms with van der Waals surface area (Å²) in [5.41, 5.74) is 3.81. The summed E-state index contributed by atoms with van der Waals surface area (Å²) in [6.45, 7) is 3.87. The van der Waals surface area contributed by atoms with Gasteiger partial charge in [0, 0.05) is 37.1 Å². The van der Waals surface area contributed by atoms with Crippen molar-refractivity contribution >= 4 is 23.4 Å². The highest BCUT2D eigenvalue weighted by Gasteiger charge is 2.19. The first-order chi connectivity index (χ1) is 11.8. The minimum absolute atomic E-state index is 0.0827. The summed E-state index contributed by atoms with van der Waals surface area (Å²) in [7, 11) is 3.31. The highest BCUT2D eigenvalue weighted by molar-refractivity contribution is 6.30. The van der Waals surface area contributed by atoms with Gasteiger partial charge in [-0.05, 0) is 54.8 Å². The number of amides is 2. The number of halogens is 1. The third kappa shape index (κ3) is 4.60. The van der Waals surface area contributed by atoms with Gasteiger partial charge in [0.05, 0.1) is 0 Å². The standard InChI is InChI=1S/C20H23ClN2O2/c1-13-11-17(21)9-10-18(13)15-5-7-16(8-6-15)20(25)23(4)14(2)12-19(24)22-3/h5-11,14H,12H2,1-4H3,(H,22,24)/t14-/m0/s1. The van der Waals surface area contributed by atoms with Gasteiger partial charge in [0.25, 0.3) is 5.91 Å². The second-order valence-electron chi connectivity index (χ2n) is 6.18. The Kier molecular flexibility index (Phi) is 6.21. The molecule has 4 nitrogen and oxygen atoms in total. The van der Waals surface area contributed by atoms with E-state index < -0.39 is 0 Å². The van der Waals surface area contributed by atoms with Crippen LogP contribution in [0.5, 0.6) is 0 Å². The predicted octanol–water partition coefficient (Wildman–Crippen LogP) is 3.91. The second kappa shape index (κ2) is 8.17. The number of carbonyl (C=O) groups excluding carboxylic acids is 2. The van der Waals surface area contributed by atoms with Crippen molar-refractivity contribution < 1.29 is 9.59 Å². The van der Waals surface area contributed by atoms with Crippen molar-refractivity contribution in [3.63, 3.8) is 0 Å². The van der Waals surface area contributed by atoms with E-state index in [0.717, 1.165) is 16.7 Å². The van der Waals surface area contributed by atoms with Gasteiger partial charge in [-0.1, -0.05) is 29.8 Å². The zero-order valence-electron chi connectivity index (χ0n) is 15.0. The number of carbonyl (C=O) groups is 2. The van der Waals surface area contributed by atoms with Crippen LogP contribution in [0.4, 0.5) is 0 Å². The number of hydrogen-bond acceptors (Lipinski definition) is 2. The normalized spacial score (nSPS) is 11.7. The number of rotatable bonds is 5. The molecule has 5 heteroatoms. The van der Waals surface area contributed by atoms with Gasteiger partial charge in [-0.3, -0.25) is 9.59 Å². The number of nitrogens with zero attached hydrogens (tertiary/aromatic N) is 1. The molecule has 2 aromatic rings. The van der Waals surface area contributed by atoms with Crippen molar-refractivity contribution in [3.05, 3.63) is 58.6 Å². The predicted molar refractivity (Wildman–Crippen MR) is 102 cm³/mol. The summed E-state index contributed by atoms with van der Waals surface area (Å²) in [5.74, 6) is -0.184. The Labute approximate surface area is 153 Å². The molecule has 0 aromatic heterocycles. The molecule has 2 rings (SSSR count). The van der Waals surface area contributed by atoms with Crippen LogP contribution in [0.2, 0.25) is 5.02 Å². The van der Waals surface area contributed by atoms with Crippen LogP contribution in [0.3, 0.4) is 0 Å². The summed E-state index contributed by atoms with van der Waals surface area (Å²) in [4.78, 5) is 25.7. The smallest absolute Gasteiger partial charge is 0.253 e. The van der Waals surface area contributed by atoms with Crippen LogP contribution in [0.15, 0.2) is 42.5 Å². The minimum atomic E-state index is -0.175.